The standard InChI is InChI=1S/C19H20N2O2/c1-2-8-16(14-9-4-3-5-10-14)20-19(22)13-17-15-11-6-7-12-18(15)23-21-17/h3-7,9-12,16H,2,8,13H2,1H3,(H,20,22). The molecule has 3 aromatic rings. The second-order valence-corrected chi connectivity index (χ2v) is 5.62. The summed E-state index contributed by atoms with van der Waals surface area (Å²) in [5.41, 5.74) is 2.53. The van der Waals surface area contributed by atoms with Gasteiger partial charge in [-0.25, -0.2) is 0 Å². The molecule has 0 aliphatic carbocycles. The van der Waals surface area contributed by atoms with Crippen molar-refractivity contribution in [3.8, 4) is 0 Å². The fourth-order valence-corrected chi connectivity index (χ4v) is 2.76. The summed E-state index contributed by atoms with van der Waals surface area (Å²) in [7, 11) is 0. The topological polar surface area (TPSA) is 55.1 Å². The Labute approximate surface area is 135 Å². The molecule has 0 bridgehead atoms. The molecular formula is C19H20N2O2. The molecular weight excluding hydrogens is 288 g/mol. The Bertz CT molecular complexity index is 780. The van der Waals surface area contributed by atoms with Gasteiger partial charge >= 0.3 is 0 Å². The molecule has 0 radical (unpaired) electrons. The van der Waals surface area contributed by atoms with Crippen molar-refractivity contribution in [3.05, 3.63) is 65.9 Å². The van der Waals surface area contributed by atoms with Crippen molar-refractivity contribution < 1.29 is 9.32 Å². The zero-order valence-corrected chi connectivity index (χ0v) is 13.2. The van der Waals surface area contributed by atoms with Gasteiger partial charge in [0.25, 0.3) is 0 Å². The molecule has 118 valence electrons. The lowest BCUT2D eigenvalue weighted by Crippen LogP contribution is -2.30. The van der Waals surface area contributed by atoms with Crippen LogP contribution in [0.15, 0.2) is 59.1 Å². The Kier molecular flexibility index (Phi) is 4.71. The summed E-state index contributed by atoms with van der Waals surface area (Å²) in [4.78, 5) is 12.4. The number of carbonyl (C=O) groups excluding carboxylic acids is 1. The van der Waals surface area contributed by atoms with E-state index in [0.29, 0.717) is 11.3 Å². The minimum absolute atomic E-state index is 0.0341. The van der Waals surface area contributed by atoms with Crippen LogP contribution >= 0.6 is 0 Å². The number of fused-ring (bicyclic) bond motifs is 1. The number of benzene rings is 2. The fourth-order valence-electron chi connectivity index (χ4n) is 2.76. The predicted octanol–water partition coefficient (Wildman–Crippen LogP) is 4.03. The molecule has 0 spiro atoms. The minimum Gasteiger partial charge on any atom is -0.356 e. The van der Waals surface area contributed by atoms with Crippen LogP contribution in [0.3, 0.4) is 0 Å². The first kappa shape index (κ1) is 15.3. The molecule has 1 N–H and O–H groups in total. The van der Waals surface area contributed by atoms with Crippen LogP contribution in [0.2, 0.25) is 0 Å². The summed E-state index contributed by atoms with van der Waals surface area (Å²) in [5.74, 6) is -0.0358. The number of hydrogen-bond donors (Lipinski definition) is 1. The highest BCUT2D eigenvalue weighted by molar-refractivity contribution is 5.86. The van der Waals surface area contributed by atoms with Gasteiger partial charge in [0.15, 0.2) is 5.58 Å². The number of rotatable bonds is 6. The first-order valence-corrected chi connectivity index (χ1v) is 7.95. The normalized spacial score (nSPS) is 12.2. The Hall–Kier alpha value is -2.62. The van der Waals surface area contributed by atoms with Gasteiger partial charge in [0.2, 0.25) is 5.91 Å². The van der Waals surface area contributed by atoms with Crippen molar-refractivity contribution >= 4 is 16.9 Å². The third-order valence-electron chi connectivity index (χ3n) is 3.89. The van der Waals surface area contributed by atoms with Gasteiger partial charge in [-0.3, -0.25) is 4.79 Å². The summed E-state index contributed by atoms with van der Waals surface area (Å²) in [5, 5.41) is 8.04. The van der Waals surface area contributed by atoms with Gasteiger partial charge in [-0.05, 0) is 24.1 Å². The van der Waals surface area contributed by atoms with Crippen LogP contribution in [0.4, 0.5) is 0 Å². The number of nitrogens with zero attached hydrogens (tertiary/aromatic N) is 1. The predicted molar refractivity (Wildman–Crippen MR) is 89.9 cm³/mol. The Balaban J connectivity index is 1.72. The summed E-state index contributed by atoms with van der Waals surface area (Å²) in [6.07, 6.45) is 2.14. The lowest BCUT2D eigenvalue weighted by Gasteiger charge is -2.18. The largest absolute Gasteiger partial charge is 0.356 e. The zero-order chi connectivity index (χ0) is 16.1. The van der Waals surface area contributed by atoms with Gasteiger partial charge in [0.05, 0.1) is 12.5 Å². The quantitative estimate of drug-likeness (QED) is 0.748. The van der Waals surface area contributed by atoms with Crippen LogP contribution in [0, 0.1) is 0 Å². The van der Waals surface area contributed by atoms with Crippen molar-refractivity contribution in [2.45, 2.75) is 32.2 Å². The Morgan fingerprint density at radius 1 is 1.13 bits per heavy atom. The maximum absolute atomic E-state index is 12.4. The van der Waals surface area contributed by atoms with Crippen LogP contribution in [-0.2, 0) is 11.2 Å². The summed E-state index contributed by atoms with van der Waals surface area (Å²) < 4.78 is 5.26. The van der Waals surface area contributed by atoms with E-state index in [1.165, 1.54) is 0 Å². The SMILES string of the molecule is CCCC(NC(=O)Cc1noc2ccccc12)c1ccccc1. The molecule has 0 aliphatic heterocycles. The second-order valence-electron chi connectivity index (χ2n) is 5.62. The van der Waals surface area contributed by atoms with E-state index >= 15 is 0 Å². The number of nitrogens with one attached hydrogen (secondary N) is 1. The Morgan fingerprint density at radius 3 is 2.65 bits per heavy atom. The Morgan fingerprint density at radius 2 is 1.87 bits per heavy atom. The van der Waals surface area contributed by atoms with E-state index < -0.39 is 0 Å². The smallest absolute Gasteiger partial charge is 0.226 e. The number of aromatic nitrogens is 1. The molecule has 1 atom stereocenters. The number of para-hydroxylation sites is 1. The van der Waals surface area contributed by atoms with Crippen LogP contribution in [0.1, 0.15) is 37.1 Å². The molecule has 1 aromatic heterocycles. The third kappa shape index (κ3) is 3.59. The molecule has 23 heavy (non-hydrogen) atoms. The molecule has 0 fully saturated rings. The average Bonchev–Trinajstić information content (AvgIpc) is 2.98. The van der Waals surface area contributed by atoms with Gasteiger partial charge in [0, 0.05) is 5.39 Å². The van der Waals surface area contributed by atoms with Crippen molar-refractivity contribution in [3.63, 3.8) is 0 Å². The molecule has 0 aliphatic rings. The van der Waals surface area contributed by atoms with E-state index in [-0.39, 0.29) is 18.4 Å². The number of hydrogen-bond acceptors (Lipinski definition) is 3. The van der Waals surface area contributed by atoms with Crippen LogP contribution < -0.4 is 5.32 Å². The van der Waals surface area contributed by atoms with Gasteiger partial charge < -0.3 is 9.84 Å². The molecule has 4 heteroatoms. The van der Waals surface area contributed by atoms with Crippen molar-refractivity contribution in [1.82, 2.24) is 10.5 Å². The monoisotopic (exact) mass is 308 g/mol. The minimum atomic E-state index is -0.0358. The molecule has 0 saturated carbocycles. The van der Waals surface area contributed by atoms with E-state index in [2.05, 4.69) is 17.4 Å². The fraction of sp³-hybridized carbons (Fsp3) is 0.263. The van der Waals surface area contributed by atoms with E-state index in [9.17, 15) is 4.79 Å². The molecule has 3 rings (SSSR count). The van der Waals surface area contributed by atoms with E-state index in [0.717, 1.165) is 23.8 Å². The maximum atomic E-state index is 12.4. The highest BCUT2D eigenvalue weighted by Crippen LogP contribution is 2.20. The van der Waals surface area contributed by atoms with Gasteiger partial charge in [-0.2, -0.15) is 0 Å². The van der Waals surface area contributed by atoms with Crippen molar-refractivity contribution in [2.24, 2.45) is 0 Å². The van der Waals surface area contributed by atoms with Crippen molar-refractivity contribution in [2.75, 3.05) is 0 Å². The van der Waals surface area contributed by atoms with Gasteiger partial charge in [-0.1, -0.05) is 61.0 Å². The van der Waals surface area contributed by atoms with Crippen molar-refractivity contribution in [1.29, 1.82) is 0 Å². The highest BCUT2D eigenvalue weighted by Gasteiger charge is 2.16. The molecule has 2 aromatic carbocycles. The van der Waals surface area contributed by atoms with E-state index in [4.69, 9.17) is 4.52 Å². The summed E-state index contributed by atoms with van der Waals surface area (Å²) >= 11 is 0. The van der Waals surface area contributed by atoms with Gasteiger partial charge in [-0.15, -0.1) is 0 Å². The summed E-state index contributed by atoms with van der Waals surface area (Å²) in [6.45, 7) is 2.12. The summed E-state index contributed by atoms with van der Waals surface area (Å²) in [6, 6.07) is 17.7. The van der Waals surface area contributed by atoms with Crippen LogP contribution in [0.5, 0.6) is 0 Å². The highest BCUT2D eigenvalue weighted by atomic mass is 16.5. The first-order valence-electron chi connectivity index (χ1n) is 7.95. The van der Waals surface area contributed by atoms with Gasteiger partial charge in [0.1, 0.15) is 5.69 Å². The number of amides is 1. The van der Waals surface area contributed by atoms with Crippen LogP contribution in [-0.4, -0.2) is 11.1 Å². The second kappa shape index (κ2) is 7.09. The average molecular weight is 308 g/mol. The van der Waals surface area contributed by atoms with Crippen LogP contribution in [0.25, 0.3) is 11.0 Å². The zero-order valence-electron chi connectivity index (χ0n) is 13.2. The third-order valence-corrected chi connectivity index (χ3v) is 3.89. The molecule has 1 amide bonds. The van der Waals surface area contributed by atoms with E-state index in [1.54, 1.807) is 0 Å². The van der Waals surface area contributed by atoms with E-state index in [1.807, 2.05) is 54.6 Å². The molecule has 1 unspecified atom stereocenters. The lowest BCUT2D eigenvalue weighted by atomic mass is 10.0. The lowest BCUT2D eigenvalue weighted by molar-refractivity contribution is -0.121. The first-order chi connectivity index (χ1) is 11.3. The molecule has 4 nitrogen and oxygen atoms in total. The maximum Gasteiger partial charge on any atom is 0.226 e. The number of carbonyl (C=O) groups is 1. The molecule has 0 saturated heterocycles. The molecule has 1 heterocycles.